The number of alkyl halides is 3. The van der Waals surface area contributed by atoms with Crippen molar-refractivity contribution >= 4 is 11.9 Å². The average molecular weight is 347 g/mol. The molecule has 1 unspecified atom stereocenters. The minimum atomic E-state index is -4.56. The SMILES string of the molecule is CC(Oc1ccccc1C(F)(F)F)C(=O)NCCCCCC(=O)O. The number of hydrogen-bond donors (Lipinski definition) is 2. The molecule has 0 saturated heterocycles. The third kappa shape index (κ3) is 6.89. The van der Waals surface area contributed by atoms with Crippen LogP contribution in [0.25, 0.3) is 0 Å². The molecule has 1 aromatic carbocycles. The minimum absolute atomic E-state index is 0.0711. The van der Waals surface area contributed by atoms with Crippen LogP contribution < -0.4 is 10.1 Å². The Labute approximate surface area is 137 Å². The van der Waals surface area contributed by atoms with E-state index < -0.39 is 35.5 Å². The number of amides is 1. The Bertz CT molecular complexity index is 560. The summed E-state index contributed by atoms with van der Waals surface area (Å²) in [4.78, 5) is 22.2. The van der Waals surface area contributed by atoms with Crippen LogP contribution in [0.15, 0.2) is 24.3 Å². The Morgan fingerprint density at radius 1 is 1.21 bits per heavy atom. The van der Waals surface area contributed by atoms with E-state index in [4.69, 9.17) is 9.84 Å². The second kappa shape index (κ2) is 9.14. The number of carboxylic acids is 1. The van der Waals surface area contributed by atoms with Gasteiger partial charge in [-0.1, -0.05) is 18.6 Å². The maximum atomic E-state index is 12.9. The zero-order valence-electron chi connectivity index (χ0n) is 13.2. The highest BCUT2D eigenvalue weighted by Gasteiger charge is 2.34. The summed E-state index contributed by atoms with van der Waals surface area (Å²) in [5.74, 6) is -1.79. The van der Waals surface area contributed by atoms with Crippen LogP contribution in [0.2, 0.25) is 0 Å². The molecule has 0 fully saturated rings. The van der Waals surface area contributed by atoms with Gasteiger partial charge in [-0.2, -0.15) is 13.2 Å². The Hall–Kier alpha value is -2.25. The highest BCUT2D eigenvalue weighted by atomic mass is 19.4. The van der Waals surface area contributed by atoms with Crippen LogP contribution >= 0.6 is 0 Å². The van der Waals surface area contributed by atoms with Crippen molar-refractivity contribution < 1.29 is 32.6 Å². The highest BCUT2D eigenvalue weighted by Crippen LogP contribution is 2.36. The molecular weight excluding hydrogens is 327 g/mol. The van der Waals surface area contributed by atoms with E-state index in [1.807, 2.05) is 0 Å². The van der Waals surface area contributed by atoms with Crippen molar-refractivity contribution in [2.45, 2.75) is 44.9 Å². The van der Waals surface area contributed by atoms with E-state index in [0.29, 0.717) is 25.8 Å². The second-order valence-electron chi connectivity index (χ2n) is 5.25. The van der Waals surface area contributed by atoms with Gasteiger partial charge in [-0.25, -0.2) is 0 Å². The lowest BCUT2D eigenvalue weighted by Crippen LogP contribution is -2.37. The van der Waals surface area contributed by atoms with Gasteiger partial charge in [0.2, 0.25) is 0 Å². The number of rotatable bonds is 9. The third-order valence-corrected chi connectivity index (χ3v) is 3.23. The fourth-order valence-electron chi connectivity index (χ4n) is 1.98. The monoisotopic (exact) mass is 347 g/mol. The Kier molecular flexibility index (Phi) is 7.54. The van der Waals surface area contributed by atoms with Gasteiger partial charge in [0.05, 0.1) is 5.56 Å². The van der Waals surface area contributed by atoms with Crippen molar-refractivity contribution in [1.29, 1.82) is 0 Å². The van der Waals surface area contributed by atoms with Crippen molar-refractivity contribution in [3.05, 3.63) is 29.8 Å². The molecule has 1 rings (SSSR count). The number of unbranched alkanes of at least 4 members (excludes halogenated alkanes) is 2. The third-order valence-electron chi connectivity index (χ3n) is 3.23. The first kappa shape index (κ1) is 19.8. The summed E-state index contributed by atoms with van der Waals surface area (Å²) in [6.07, 6.45) is -3.83. The number of halogens is 3. The van der Waals surface area contributed by atoms with E-state index >= 15 is 0 Å². The van der Waals surface area contributed by atoms with E-state index in [9.17, 15) is 22.8 Å². The van der Waals surface area contributed by atoms with E-state index in [0.717, 1.165) is 6.07 Å². The smallest absolute Gasteiger partial charge is 0.419 e. The molecule has 1 amide bonds. The van der Waals surface area contributed by atoms with E-state index in [1.165, 1.54) is 25.1 Å². The first-order chi connectivity index (χ1) is 11.2. The fourth-order valence-corrected chi connectivity index (χ4v) is 1.98. The fraction of sp³-hybridized carbons (Fsp3) is 0.500. The number of carbonyl (C=O) groups is 2. The van der Waals surface area contributed by atoms with Gasteiger partial charge in [0.1, 0.15) is 5.75 Å². The number of hydrogen-bond acceptors (Lipinski definition) is 3. The van der Waals surface area contributed by atoms with Crippen LogP contribution in [0.3, 0.4) is 0 Å². The van der Waals surface area contributed by atoms with Gasteiger partial charge >= 0.3 is 12.1 Å². The van der Waals surface area contributed by atoms with Crippen molar-refractivity contribution in [1.82, 2.24) is 5.32 Å². The summed E-state index contributed by atoms with van der Waals surface area (Å²) >= 11 is 0. The quantitative estimate of drug-likeness (QED) is 0.673. The predicted octanol–water partition coefficient (Wildman–Crippen LogP) is 3.23. The molecule has 0 radical (unpaired) electrons. The topological polar surface area (TPSA) is 75.6 Å². The van der Waals surface area contributed by atoms with Gasteiger partial charge < -0.3 is 15.2 Å². The van der Waals surface area contributed by atoms with E-state index in [-0.39, 0.29) is 6.42 Å². The first-order valence-electron chi connectivity index (χ1n) is 7.54. The van der Waals surface area contributed by atoms with E-state index in [1.54, 1.807) is 0 Å². The van der Waals surface area contributed by atoms with Crippen LogP contribution in [0, 0.1) is 0 Å². The molecule has 1 aromatic rings. The van der Waals surface area contributed by atoms with Gasteiger partial charge in [0.25, 0.3) is 5.91 Å². The van der Waals surface area contributed by atoms with Crippen LogP contribution in [0.1, 0.15) is 38.2 Å². The number of nitrogens with one attached hydrogen (secondary N) is 1. The molecule has 5 nitrogen and oxygen atoms in total. The zero-order valence-corrected chi connectivity index (χ0v) is 13.2. The molecule has 24 heavy (non-hydrogen) atoms. The molecule has 0 heterocycles. The number of aliphatic carboxylic acids is 1. The summed E-state index contributed by atoms with van der Waals surface area (Å²) in [5.41, 5.74) is -0.932. The van der Waals surface area contributed by atoms with Crippen molar-refractivity contribution in [3.8, 4) is 5.75 Å². The van der Waals surface area contributed by atoms with Gasteiger partial charge in [0, 0.05) is 13.0 Å². The largest absolute Gasteiger partial charge is 0.481 e. The summed E-state index contributed by atoms with van der Waals surface area (Å²) in [6.45, 7) is 1.68. The molecule has 0 saturated carbocycles. The second-order valence-corrected chi connectivity index (χ2v) is 5.25. The number of carboxylic acid groups (broad SMARTS) is 1. The summed E-state index contributed by atoms with van der Waals surface area (Å²) in [6, 6.07) is 4.70. The lowest BCUT2D eigenvalue weighted by atomic mass is 10.2. The summed E-state index contributed by atoms with van der Waals surface area (Å²) < 4.78 is 43.7. The summed E-state index contributed by atoms with van der Waals surface area (Å²) in [7, 11) is 0. The molecular formula is C16H20F3NO4. The summed E-state index contributed by atoms with van der Waals surface area (Å²) in [5, 5.41) is 11.0. The van der Waals surface area contributed by atoms with Crippen molar-refractivity contribution in [2.24, 2.45) is 0 Å². The van der Waals surface area contributed by atoms with Gasteiger partial charge in [0.15, 0.2) is 6.10 Å². The number of para-hydroxylation sites is 1. The number of carbonyl (C=O) groups excluding carboxylic acids is 1. The normalized spacial score (nSPS) is 12.5. The molecule has 134 valence electrons. The molecule has 1 atom stereocenters. The molecule has 0 bridgehead atoms. The van der Waals surface area contributed by atoms with Crippen LogP contribution in [0.4, 0.5) is 13.2 Å². The van der Waals surface area contributed by atoms with Crippen LogP contribution in [0.5, 0.6) is 5.75 Å². The molecule has 0 aliphatic heterocycles. The van der Waals surface area contributed by atoms with E-state index in [2.05, 4.69) is 5.32 Å². The van der Waals surface area contributed by atoms with Crippen molar-refractivity contribution in [3.63, 3.8) is 0 Å². The molecule has 0 spiro atoms. The predicted molar refractivity (Wildman–Crippen MR) is 80.6 cm³/mol. The first-order valence-corrected chi connectivity index (χ1v) is 7.54. The molecule has 2 N–H and O–H groups in total. The lowest BCUT2D eigenvalue weighted by Gasteiger charge is -2.18. The Morgan fingerprint density at radius 3 is 2.50 bits per heavy atom. The minimum Gasteiger partial charge on any atom is -0.481 e. The Morgan fingerprint density at radius 2 is 1.88 bits per heavy atom. The van der Waals surface area contributed by atoms with Gasteiger partial charge in [-0.05, 0) is 31.9 Å². The number of benzene rings is 1. The Balaban J connectivity index is 2.44. The van der Waals surface area contributed by atoms with Gasteiger partial charge in [-0.15, -0.1) is 0 Å². The number of ether oxygens (including phenoxy) is 1. The standard InChI is InChI=1S/C16H20F3NO4/c1-11(15(23)20-10-6-2-3-9-14(21)22)24-13-8-5-4-7-12(13)16(17,18)19/h4-5,7-8,11H,2-3,6,9-10H2,1H3,(H,20,23)(H,21,22). The zero-order chi connectivity index (χ0) is 18.2. The van der Waals surface area contributed by atoms with Crippen LogP contribution in [-0.2, 0) is 15.8 Å². The molecule has 8 heteroatoms. The highest BCUT2D eigenvalue weighted by molar-refractivity contribution is 5.80. The average Bonchev–Trinajstić information content (AvgIpc) is 2.49. The molecule has 0 aliphatic carbocycles. The van der Waals surface area contributed by atoms with Crippen LogP contribution in [-0.4, -0.2) is 29.6 Å². The maximum Gasteiger partial charge on any atom is 0.419 e. The molecule has 0 aliphatic rings. The maximum absolute atomic E-state index is 12.9. The van der Waals surface area contributed by atoms with Gasteiger partial charge in [-0.3, -0.25) is 9.59 Å². The molecule has 0 aromatic heterocycles. The lowest BCUT2D eigenvalue weighted by molar-refractivity contribution is -0.140. The van der Waals surface area contributed by atoms with Crippen molar-refractivity contribution in [2.75, 3.05) is 6.54 Å².